The molecule has 2 amide bonds. The minimum absolute atomic E-state index is 0.0427. The van der Waals surface area contributed by atoms with E-state index in [1.165, 1.54) is 11.0 Å². The van der Waals surface area contributed by atoms with Crippen molar-refractivity contribution in [1.82, 2.24) is 0 Å². The molecule has 0 bridgehead atoms. The normalized spacial score (nSPS) is 24.5. The summed E-state index contributed by atoms with van der Waals surface area (Å²) < 4.78 is 0. The number of amides is 2. The first-order valence-corrected chi connectivity index (χ1v) is 14.7. The molecule has 218 valence electrons. The summed E-state index contributed by atoms with van der Waals surface area (Å²) in [4.78, 5) is 69.0. The van der Waals surface area contributed by atoms with Crippen molar-refractivity contribution < 1.29 is 29.1 Å². The monoisotopic (exact) mass is 583 g/mol. The summed E-state index contributed by atoms with van der Waals surface area (Å²) in [5.41, 5.74) is 4.33. The molecule has 1 heterocycles. The Balaban J connectivity index is 1.27. The maximum absolute atomic E-state index is 14.1. The van der Waals surface area contributed by atoms with E-state index in [1.54, 1.807) is 80.6 Å². The summed E-state index contributed by atoms with van der Waals surface area (Å²) >= 11 is 0. The van der Waals surface area contributed by atoms with Gasteiger partial charge in [0.15, 0.2) is 17.3 Å². The third kappa shape index (κ3) is 4.07. The quantitative estimate of drug-likeness (QED) is 0.186. The van der Waals surface area contributed by atoms with Crippen molar-refractivity contribution >= 4 is 34.9 Å². The summed E-state index contributed by atoms with van der Waals surface area (Å²) in [7, 11) is 0. The van der Waals surface area contributed by atoms with E-state index in [9.17, 15) is 29.1 Å². The van der Waals surface area contributed by atoms with Crippen LogP contribution in [0, 0.1) is 24.7 Å². The largest absolute Gasteiger partial charge is 0.507 e. The molecule has 4 atom stereocenters. The van der Waals surface area contributed by atoms with Crippen molar-refractivity contribution in [3.05, 3.63) is 129 Å². The lowest BCUT2D eigenvalue weighted by molar-refractivity contribution is -0.123. The van der Waals surface area contributed by atoms with Crippen LogP contribution < -0.4 is 4.90 Å². The second kappa shape index (κ2) is 10.2. The number of Topliss-reactive ketones (excluding diaryl/α,β-unsaturated/α-hetero) is 1. The molecular formula is C37H29NO6. The number of fused-ring (bicyclic) bond motifs is 3. The number of rotatable bonds is 4. The molecule has 0 radical (unpaired) electrons. The van der Waals surface area contributed by atoms with E-state index >= 15 is 0 Å². The summed E-state index contributed by atoms with van der Waals surface area (Å²) in [6.45, 7) is 3.39. The summed E-state index contributed by atoms with van der Waals surface area (Å²) in [6.07, 6.45) is 3.74. The van der Waals surface area contributed by atoms with Gasteiger partial charge in [-0.25, -0.2) is 0 Å². The molecule has 44 heavy (non-hydrogen) atoms. The fourth-order valence-electron chi connectivity index (χ4n) is 7.40. The minimum Gasteiger partial charge on any atom is -0.507 e. The lowest BCUT2D eigenvalue weighted by atomic mass is 9.59. The Morgan fingerprint density at radius 2 is 1.52 bits per heavy atom. The molecule has 3 aromatic rings. The zero-order valence-corrected chi connectivity index (χ0v) is 24.2. The Kier molecular flexibility index (Phi) is 6.43. The van der Waals surface area contributed by atoms with E-state index in [2.05, 4.69) is 0 Å². The van der Waals surface area contributed by atoms with Crippen LogP contribution in [0.15, 0.2) is 107 Å². The van der Waals surface area contributed by atoms with Gasteiger partial charge in [-0.05, 0) is 68.5 Å². The van der Waals surface area contributed by atoms with Gasteiger partial charge in [0.2, 0.25) is 11.8 Å². The molecule has 0 aromatic heterocycles. The van der Waals surface area contributed by atoms with Crippen LogP contribution >= 0.6 is 0 Å². The predicted molar refractivity (Wildman–Crippen MR) is 163 cm³/mol. The average molecular weight is 584 g/mol. The standard InChI is InChI=1S/C37H29NO6/c1-19-7-6-10-25(33(19)40)30-24-15-16-26-31(27(24)18-28-29(39)17-20(2)34(41)32(28)30)37(44)38(36(26)43)23-13-11-22(12-14-23)35(42)21-8-4-3-5-9-21/h3-15,17,26-27,30-31,40H,16,18H2,1-2H3/t26-,27+,30+,31-/m0/s1. The molecule has 7 nitrogen and oxygen atoms in total. The highest BCUT2D eigenvalue weighted by Gasteiger charge is 2.56. The first-order chi connectivity index (χ1) is 21.2. The number of allylic oxidation sites excluding steroid dienone is 6. The predicted octanol–water partition coefficient (Wildman–Crippen LogP) is 5.57. The van der Waals surface area contributed by atoms with Gasteiger partial charge in [-0.2, -0.15) is 0 Å². The van der Waals surface area contributed by atoms with Crippen LogP contribution in [0.25, 0.3) is 0 Å². The number of phenolic OH excluding ortho intramolecular Hbond substituents is 1. The van der Waals surface area contributed by atoms with Crippen molar-refractivity contribution in [1.29, 1.82) is 0 Å². The zero-order valence-electron chi connectivity index (χ0n) is 24.2. The van der Waals surface area contributed by atoms with Gasteiger partial charge in [0.25, 0.3) is 0 Å². The molecule has 1 fully saturated rings. The molecule has 0 spiro atoms. The molecule has 7 heteroatoms. The van der Waals surface area contributed by atoms with E-state index < -0.39 is 23.7 Å². The first kappa shape index (κ1) is 27.7. The van der Waals surface area contributed by atoms with E-state index in [4.69, 9.17) is 0 Å². The highest BCUT2D eigenvalue weighted by atomic mass is 16.3. The second-order valence-electron chi connectivity index (χ2n) is 12.0. The number of anilines is 1. The number of aryl methyl sites for hydroxylation is 1. The highest BCUT2D eigenvalue weighted by molar-refractivity contribution is 6.25. The number of para-hydroxylation sites is 1. The highest BCUT2D eigenvalue weighted by Crippen LogP contribution is 2.56. The summed E-state index contributed by atoms with van der Waals surface area (Å²) in [5, 5.41) is 11.1. The zero-order chi connectivity index (χ0) is 30.9. The van der Waals surface area contributed by atoms with Crippen LogP contribution in [-0.4, -0.2) is 34.3 Å². The molecule has 0 saturated carbocycles. The Morgan fingerprint density at radius 3 is 2.25 bits per heavy atom. The Morgan fingerprint density at radius 1 is 0.818 bits per heavy atom. The topological polar surface area (TPSA) is 109 Å². The van der Waals surface area contributed by atoms with Crippen LogP contribution in [-0.2, 0) is 19.2 Å². The smallest absolute Gasteiger partial charge is 0.238 e. The van der Waals surface area contributed by atoms with Gasteiger partial charge in [-0.15, -0.1) is 0 Å². The van der Waals surface area contributed by atoms with Crippen molar-refractivity contribution in [3.8, 4) is 5.75 Å². The van der Waals surface area contributed by atoms with E-state index in [0.717, 1.165) is 5.57 Å². The fourth-order valence-corrected chi connectivity index (χ4v) is 7.40. The summed E-state index contributed by atoms with van der Waals surface area (Å²) in [6, 6.07) is 20.7. The number of ketones is 3. The molecule has 1 N–H and O–H groups in total. The fraction of sp³-hybridized carbons (Fsp3) is 0.216. The van der Waals surface area contributed by atoms with E-state index in [-0.39, 0.29) is 41.3 Å². The summed E-state index contributed by atoms with van der Waals surface area (Å²) in [5.74, 6) is -3.88. The SMILES string of the molecule is CC1=CC(=O)C2=C(C1=O)[C@@H](c1cccc(C)c1O)C1=CC[C@@H]3C(=O)N(c4ccc(C(=O)c5ccccc5)cc4)C(=O)[C@@H]3[C@@H]1C2. The lowest BCUT2D eigenvalue weighted by Gasteiger charge is -2.42. The van der Waals surface area contributed by atoms with Crippen molar-refractivity contribution in [2.24, 2.45) is 17.8 Å². The van der Waals surface area contributed by atoms with Crippen LogP contribution in [0.1, 0.15) is 52.7 Å². The number of nitrogens with zero attached hydrogens (tertiary/aromatic N) is 1. The van der Waals surface area contributed by atoms with Crippen molar-refractivity contribution in [2.75, 3.05) is 4.90 Å². The third-order valence-electron chi connectivity index (χ3n) is 9.57. The number of benzene rings is 3. The van der Waals surface area contributed by atoms with Gasteiger partial charge in [0, 0.05) is 39.3 Å². The van der Waals surface area contributed by atoms with Crippen LogP contribution in [0.4, 0.5) is 5.69 Å². The van der Waals surface area contributed by atoms with Gasteiger partial charge < -0.3 is 5.11 Å². The number of imide groups is 1. The molecule has 7 rings (SSSR count). The number of phenols is 1. The first-order valence-electron chi connectivity index (χ1n) is 14.7. The Labute approximate surface area is 254 Å². The number of hydrogen-bond acceptors (Lipinski definition) is 6. The molecule has 1 aliphatic heterocycles. The lowest BCUT2D eigenvalue weighted by Crippen LogP contribution is -2.39. The number of carbonyl (C=O) groups excluding carboxylic acids is 5. The molecule has 0 unspecified atom stereocenters. The number of hydrogen-bond donors (Lipinski definition) is 1. The minimum atomic E-state index is -0.730. The van der Waals surface area contributed by atoms with Crippen LogP contribution in [0.3, 0.4) is 0 Å². The van der Waals surface area contributed by atoms with Gasteiger partial charge in [-0.3, -0.25) is 28.9 Å². The van der Waals surface area contributed by atoms with Crippen LogP contribution in [0.5, 0.6) is 5.75 Å². The maximum Gasteiger partial charge on any atom is 0.238 e. The van der Waals surface area contributed by atoms with E-state index in [1.807, 2.05) is 12.1 Å². The number of aromatic hydroxyl groups is 1. The maximum atomic E-state index is 14.1. The van der Waals surface area contributed by atoms with Crippen molar-refractivity contribution in [2.45, 2.75) is 32.6 Å². The van der Waals surface area contributed by atoms with Gasteiger partial charge in [0.1, 0.15) is 5.75 Å². The molecular weight excluding hydrogens is 554 g/mol. The van der Waals surface area contributed by atoms with Crippen LogP contribution in [0.2, 0.25) is 0 Å². The molecule has 4 aliphatic rings. The van der Waals surface area contributed by atoms with Gasteiger partial charge >= 0.3 is 0 Å². The molecule has 1 saturated heterocycles. The number of carbonyl (C=O) groups is 5. The third-order valence-corrected chi connectivity index (χ3v) is 9.57. The van der Waals surface area contributed by atoms with Crippen molar-refractivity contribution in [3.63, 3.8) is 0 Å². The van der Waals surface area contributed by atoms with Gasteiger partial charge in [0.05, 0.1) is 17.5 Å². The van der Waals surface area contributed by atoms with Gasteiger partial charge in [-0.1, -0.05) is 60.2 Å². The Hall–Kier alpha value is -5.17. The average Bonchev–Trinajstić information content (AvgIpc) is 3.29. The molecule has 3 aromatic carbocycles. The Bertz CT molecular complexity index is 1900. The van der Waals surface area contributed by atoms with E-state index in [0.29, 0.717) is 51.1 Å². The molecule has 3 aliphatic carbocycles. The second-order valence-corrected chi connectivity index (χ2v) is 12.0.